The van der Waals surface area contributed by atoms with Crippen LogP contribution in [0.4, 0.5) is 10.5 Å². The van der Waals surface area contributed by atoms with Gasteiger partial charge in [0.2, 0.25) is 5.91 Å². The van der Waals surface area contributed by atoms with Crippen LogP contribution in [0, 0.1) is 0 Å². The third-order valence-corrected chi connectivity index (χ3v) is 2.43. The molecule has 118 valence electrons. The lowest BCUT2D eigenvalue weighted by Crippen LogP contribution is -2.47. The molecule has 1 heterocycles. The number of amides is 2. The number of hydrogen-bond donors (Lipinski definition) is 2. The molecule has 0 atom stereocenters. The number of nitrogens with one attached hydrogen (secondary N) is 2. The van der Waals surface area contributed by atoms with Crippen LogP contribution >= 0.6 is 0 Å². The van der Waals surface area contributed by atoms with E-state index in [4.69, 9.17) is 4.74 Å². The first-order chi connectivity index (χ1) is 9.47. The number of rotatable bonds is 4. The predicted molar refractivity (Wildman–Crippen MR) is 79.9 cm³/mol. The van der Waals surface area contributed by atoms with Crippen molar-refractivity contribution in [1.29, 1.82) is 0 Å². The Balaban J connectivity index is 2.51. The van der Waals surface area contributed by atoms with E-state index in [1.54, 1.807) is 58.7 Å². The van der Waals surface area contributed by atoms with E-state index in [-0.39, 0.29) is 12.3 Å². The minimum Gasteiger partial charge on any atom is -0.444 e. The van der Waals surface area contributed by atoms with Gasteiger partial charge in [-0.1, -0.05) is 0 Å². The highest BCUT2D eigenvalue weighted by molar-refractivity contribution is 5.91. The van der Waals surface area contributed by atoms with Crippen molar-refractivity contribution in [1.82, 2.24) is 15.1 Å². The van der Waals surface area contributed by atoms with Crippen LogP contribution in [0.3, 0.4) is 0 Å². The average Bonchev–Trinajstić information content (AvgIpc) is 2.57. The maximum Gasteiger partial charge on any atom is 0.408 e. The normalized spacial score (nSPS) is 11.9. The van der Waals surface area contributed by atoms with Crippen LogP contribution in [0.2, 0.25) is 0 Å². The van der Waals surface area contributed by atoms with Crippen molar-refractivity contribution in [3.8, 4) is 0 Å². The molecule has 0 aliphatic rings. The highest BCUT2D eigenvalue weighted by Crippen LogP contribution is 2.14. The molecular formula is C14H24N4O3. The number of alkyl carbamates (subject to hydrolysis) is 1. The Morgan fingerprint density at radius 1 is 1.29 bits per heavy atom. The number of aryl methyl sites for hydroxylation is 1. The van der Waals surface area contributed by atoms with Gasteiger partial charge in [0.15, 0.2) is 0 Å². The summed E-state index contributed by atoms with van der Waals surface area (Å²) < 4.78 is 6.78. The molecule has 0 aliphatic heterocycles. The lowest BCUT2D eigenvalue weighted by Gasteiger charge is -2.28. The number of aromatic nitrogens is 2. The van der Waals surface area contributed by atoms with Crippen LogP contribution < -0.4 is 10.6 Å². The number of ether oxygens (including phenoxy) is 1. The maximum atomic E-state index is 12.0. The van der Waals surface area contributed by atoms with Gasteiger partial charge in [0.25, 0.3) is 0 Å². The molecular weight excluding hydrogens is 272 g/mol. The quantitative estimate of drug-likeness (QED) is 0.890. The molecule has 0 bridgehead atoms. The van der Waals surface area contributed by atoms with E-state index in [1.165, 1.54) is 0 Å². The minimum atomic E-state index is -0.714. The van der Waals surface area contributed by atoms with Gasteiger partial charge in [0, 0.05) is 25.2 Å². The lowest BCUT2D eigenvalue weighted by atomic mass is 10.0. The lowest BCUT2D eigenvalue weighted by molar-refractivity contribution is -0.117. The maximum absolute atomic E-state index is 12.0. The molecule has 0 radical (unpaired) electrons. The molecule has 7 heteroatoms. The molecule has 21 heavy (non-hydrogen) atoms. The SMILES string of the molecule is Cn1cc(NC(=O)CC(C)(C)NC(=O)OC(C)(C)C)cn1. The smallest absolute Gasteiger partial charge is 0.408 e. The standard InChI is InChI=1S/C14H24N4O3/c1-13(2,3)21-12(20)17-14(4,5)7-11(19)16-10-8-15-18(6)9-10/h8-9H,7H2,1-6H3,(H,16,19)(H,17,20). The Bertz CT molecular complexity index is 515. The van der Waals surface area contributed by atoms with Gasteiger partial charge in [-0.25, -0.2) is 4.79 Å². The van der Waals surface area contributed by atoms with Crippen molar-refractivity contribution in [3.63, 3.8) is 0 Å². The second kappa shape index (κ2) is 6.15. The van der Waals surface area contributed by atoms with Crippen molar-refractivity contribution in [2.75, 3.05) is 5.32 Å². The van der Waals surface area contributed by atoms with E-state index < -0.39 is 17.2 Å². The number of hydrogen-bond acceptors (Lipinski definition) is 4. The zero-order chi connectivity index (χ0) is 16.3. The molecule has 0 saturated carbocycles. The summed E-state index contributed by atoms with van der Waals surface area (Å²) in [6, 6.07) is 0. The molecule has 7 nitrogen and oxygen atoms in total. The van der Waals surface area contributed by atoms with Crippen molar-refractivity contribution in [2.24, 2.45) is 7.05 Å². The Labute approximate surface area is 125 Å². The van der Waals surface area contributed by atoms with Gasteiger partial charge in [0.05, 0.1) is 11.9 Å². The summed E-state index contributed by atoms with van der Waals surface area (Å²) in [6.45, 7) is 8.89. The van der Waals surface area contributed by atoms with Gasteiger partial charge in [-0.2, -0.15) is 5.10 Å². The Morgan fingerprint density at radius 3 is 2.38 bits per heavy atom. The monoisotopic (exact) mass is 296 g/mol. The number of anilines is 1. The first kappa shape index (κ1) is 17.0. The summed E-state index contributed by atoms with van der Waals surface area (Å²) >= 11 is 0. The number of carbonyl (C=O) groups excluding carboxylic acids is 2. The fraction of sp³-hybridized carbons (Fsp3) is 0.643. The predicted octanol–water partition coefficient (Wildman–Crippen LogP) is 2.05. The molecule has 0 saturated heterocycles. The van der Waals surface area contributed by atoms with Crippen molar-refractivity contribution in [3.05, 3.63) is 12.4 Å². The van der Waals surface area contributed by atoms with E-state index in [1.807, 2.05) is 0 Å². The number of nitrogens with zero attached hydrogens (tertiary/aromatic N) is 2. The Morgan fingerprint density at radius 2 is 1.90 bits per heavy atom. The second-order valence-corrected chi connectivity index (χ2v) is 6.64. The molecule has 1 rings (SSSR count). The molecule has 2 N–H and O–H groups in total. The summed E-state index contributed by atoms with van der Waals surface area (Å²) in [5, 5.41) is 9.38. The molecule has 0 unspecified atom stereocenters. The molecule has 0 fully saturated rings. The summed E-state index contributed by atoms with van der Waals surface area (Å²) in [4.78, 5) is 23.7. The summed E-state index contributed by atoms with van der Waals surface area (Å²) in [5.74, 6) is -0.205. The van der Waals surface area contributed by atoms with Crippen molar-refractivity contribution >= 4 is 17.7 Å². The van der Waals surface area contributed by atoms with Crippen LogP contribution in [-0.4, -0.2) is 32.9 Å². The number of carbonyl (C=O) groups is 2. The summed E-state index contributed by atoms with van der Waals surface area (Å²) in [5.41, 5.74) is -0.664. The molecule has 1 aromatic heterocycles. The first-order valence-corrected chi connectivity index (χ1v) is 6.76. The van der Waals surface area contributed by atoms with Crippen LogP contribution in [0.15, 0.2) is 12.4 Å². The fourth-order valence-electron chi connectivity index (χ4n) is 1.72. The van der Waals surface area contributed by atoms with Gasteiger partial charge >= 0.3 is 6.09 Å². The van der Waals surface area contributed by atoms with E-state index in [9.17, 15) is 9.59 Å². The third kappa shape index (κ3) is 6.78. The molecule has 2 amide bonds. The first-order valence-electron chi connectivity index (χ1n) is 6.76. The van der Waals surface area contributed by atoms with Crippen LogP contribution in [-0.2, 0) is 16.6 Å². The largest absolute Gasteiger partial charge is 0.444 e. The van der Waals surface area contributed by atoms with Gasteiger partial charge in [-0.15, -0.1) is 0 Å². The highest BCUT2D eigenvalue weighted by atomic mass is 16.6. The van der Waals surface area contributed by atoms with E-state index in [0.29, 0.717) is 5.69 Å². The zero-order valence-electron chi connectivity index (χ0n) is 13.5. The summed E-state index contributed by atoms with van der Waals surface area (Å²) in [7, 11) is 1.77. The Hall–Kier alpha value is -2.05. The van der Waals surface area contributed by atoms with Crippen LogP contribution in [0.5, 0.6) is 0 Å². The van der Waals surface area contributed by atoms with Crippen LogP contribution in [0.25, 0.3) is 0 Å². The zero-order valence-corrected chi connectivity index (χ0v) is 13.5. The van der Waals surface area contributed by atoms with Gasteiger partial charge < -0.3 is 15.4 Å². The molecule has 1 aromatic rings. The van der Waals surface area contributed by atoms with Crippen LogP contribution in [0.1, 0.15) is 41.0 Å². The average molecular weight is 296 g/mol. The van der Waals surface area contributed by atoms with E-state index >= 15 is 0 Å². The fourth-order valence-corrected chi connectivity index (χ4v) is 1.72. The summed E-state index contributed by atoms with van der Waals surface area (Å²) in [6.07, 6.45) is 2.85. The minimum absolute atomic E-state index is 0.126. The third-order valence-electron chi connectivity index (χ3n) is 2.43. The van der Waals surface area contributed by atoms with Gasteiger partial charge in [0.1, 0.15) is 5.60 Å². The van der Waals surface area contributed by atoms with Gasteiger partial charge in [-0.05, 0) is 34.6 Å². The topological polar surface area (TPSA) is 85.2 Å². The van der Waals surface area contributed by atoms with Crippen molar-refractivity contribution in [2.45, 2.75) is 52.2 Å². The molecule has 0 spiro atoms. The second-order valence-electron chi connectivity index (χ2n) is 6.64. The van der Waals surface area contributed by atoms with E-state index in [0.717, 1.165) is 0 Å². The molecule has 0 aliphatic carbocycles. The van der Waals surface area contributed by atoms with Gasteiger partial charge in [-0.3, -0.25) is 9.48 Å². The van der Waals surface area contributed by atoms with E-state index in [2.05, 4.69) is 15.7 Å². The van der Waals surface area contributed by atoms with Crippen molar-refractivity contribution < 1.29 is 14.3 Å². The molecule has 0 aromatic carbocycles. The Kier molecular flexibility index (Phi) is 4.98. The highest BCUT2D eigenvalue weighted by Gasteiger charge is 2.27.